The average Bonchev–Trinajstić information content (AvgIpc) is 2.07. The summed E-state index contributed by atoms with van der Waals surface area (Å²) in [4.78, 5) is 10.9. The Hall–Kier alpha value is -1.11. The second-order valence-electron chi connectivity index (χ2n) is 2.30. The lowest BCUT2D eigenvalue weighted by Gasteiger charge is -2.08. The Kier molecular flexibility index (Phi) is 3.87. The van der Waals surface area contributed by atoms with Crippen LogP contribution in [0, 0.1) is 0 Å². The van der Waals surface area contributed by atoms with Gasteiger partial charge >= 0.3 is 6.03 Å². The van der Waals surface area contributed by atoms with Gasteiger partial charge in [0.05, 0.1) is 0 Å². The van der Waals surface area contributed by atoms with Gasteiger partial charge in [0, 0.05) is 22.0 Å². The van der Waals surface area contributed by atoms with Gasteiger partial charge in [0.15, 0.2) is 0 Å². The highest BCUT2D eigenvalue weighted by molar-refractivity contribution is 7.77. The van der Waals surface area contributed by atoms with Crippen LogP contribution in [0.15, 0.2) is 24.3 Å². The molecule has 5 nitrogen and oxygen atoms in total. The minimum absolute atomic E-state index is 0.456. The van der Waals surface area contributed by atoms with Gasteiger partial charge < -0.3 is 9.87 Å². The van der Waals surface area contributed by atoms with Crippen LogP contribution in [0.1, 0.15) is 0 Å². The van der Waals surface area contributed by atoms with Crippen LogP contribution in [-0.2, 0) is 11.3 Å². The molecule has 76 valence electrons. The zero-order valence-corrected chi connectivity index (χ0v) is 8.39. The van der Waals surface area contributed by atoms with E-state index in [2.05, 4.69) is 5.32 Å². The molecule has 0 saturated heterocycles. The molecule has 0 aliphatic carbocycles. The SMILES string of the molecule is O=C(Nc1ccc(Cl)cc1)NS(=O)[O-]. The molecule has 1 atom stereocenters. The van der Waals surface area contributed by atoms with Crippen molar-refractivity contribution in [2.45, 2.75) is 0 Å². The molecule has 0 aliphatic rings. The van der Waals surface area contributed by atoms with E-state index < -0.39 is 17.3 Å². The fourth-order valence-corrected chi connectivity index (χ4v) is 1.09. The van der Waals surface area contributed by atoms with E-state index in [0.29, 0.717) is 10.7 Å². The van der Waals surface area contributed by atoms with Gasteiger partial charge in [0.1, 0.15) is 0 Å². The summed E-state index contributed by atoms with van der Waals surface area (Å²) in [6.45, 7) is 0. The summed E-state index contributed by atoms with van der Waals surface area (Å²) in [5, 5.41) is 2.83. The summed E-state index contributed by atoms with van der Waals surface area (Å²) in [6, 6.07) is 5.43. The molecule has 1 unspecified atom stereocenters. The van der Waals surface area contributed by atoms with Gasteiger partial charge in [0.2, 0.25) is 0 Å². The molecule has 0 heterocycles. The lowest BCUT2D eigenvalue weighted by molar-refractivity contribution is 0.256. The van der Waals surface area contributed by atoms with Gasteiger partial charge in [-0.25, -0.2) is 4.79 Å². The minimum atomic E-state index is -2.61. The molecular weight excluding hydrogens is 228 g/mol. The van der Waals surface area contributed by atoms with Crippen molar-refractivity contribution in [2.75, 3.05) is 5.32 Å². The molecule has 0 fully saturated rings. The molecule has 0 bridgehead atoms. The average molecular weight is 234 g/mol. The third kappa shape index (κ3) is 3.73. The standard InChI is InChI=1S/C7H7ClN2O3S/c8-5-1-3-6(4-2-5)9-7(11)10-14(12)13/h1-4H,(H,12,13)(H2,9,10,11)/p-1. The maximum Gasteiger partial charge on any atom is 0.330 e. The van der Waals surface area contributed by atoms with Gasteiger partial charge in [-0.3, -0.25) is 8.93 Å². The molecule has 1 aromatic rings. The first-order valence-corrected chi connectivity index (χ1v) is 4.95. The highest BCUT2D eigenvalue weighted by Gasteiger charge is 1.99. The Morgan fingerprint density at radius 2 is 1.93 bits per heavy atom. The molecule has 2 N–H and O–H groups in total. The van der Waals surface area contributed by atoms with E-state index in [4.69, 9.17) is 11.6 Å². The second kappa shape index (κ2) is 4.94. The van der Waals surface area contributed by atoms with E-state index in [1.54, 1.807) is 29.0 Å². The van der Waals surface area contributed by atoms with Crippen LogP contribution >= 0.6 is 11.6 Å². The first kappa shape index (κ1) is 11.0. The monoisotopic (exact) mass is 233 g/mol. The number of nitrogens with one attached hydrogen (secondary N) is 2. The van der Waals surface area contributed by atoms with Crippen molar-refractivity contribution in [3.05, 3.63) is 29.3 Å². The number of halogens is 1. The number of carbonyl (C=O) groups is 1. The summed E-state index contributed by atoms with van der Waals surface area (Å²) in [7, 11) is 0. The van der Waals surface area contributed by atoms with E-state index in [0.717, 1.165) is 0 Å². The van der Waals surface area contributed by atoms with E-state index >= 15 is 0 Å². The molecule has 14 heavy (non-hydrogen) atoms. The van der Waals surface area contributed by atoms with Crippen molar-refractivity contribution < 1.29 is 13.6 Å². The summed E-state index contributed by atoms with van der Waals surface area (Å²) >= 11 is 2.99. The molecule has 0 spiro atoms. The fraction of sp³-hybridized carbons (Fsp3) is 0. The number of urea groups is 1. The summed E-state index contributed by atoms with van der Waals surface area (Å²) < 4.78 is 21.8. The molecule has 1 rings (SSSR count). The van der Waals surface area contributed by atoms with Gasteiger partial charge in [0.25, 0.3) is 0 Å². The molecule has 0 aromatic heterocycles. The number of anilines is 1. The first-order valence-electron chi connectivity index (χ1n) is 3.50. The quantitative estimate of drug-likeness (QED) is 0.755. The Balaban J connectivity index is 2.56. The lowest BCUT2D eigenvalue weighted by Crippen LogP contribution is -2.29. The van der Waals surface area contributed by atoms with Gasteiger partial charge in [-0.15, -0.1) is 0 Å². The minimum Gasteiger partial charge on any atom is -0.755 e. The molecule has 0 saturated carbocycles. The Morgan fingerprint density at radius 3 is 2.43 bits per heavy atom. The van der Waals surface area contributed by atoms with Crippen LogP contribution in [0.4, 0.5) is 10.5 Å². The number of carbonyl (C=O) groups excluding carboxylic acids is 1. The second-order valence-corrected chi connectivity index (χ2v) is 3.41. The van der Waals surface area contributed by atoms with Crippen LogP contribution in [0.2, 0.25) is 5.02 Å². The highest BCUT2D eigenvalue weighted by atomic mass is 35.5. The van der Waals surface area contributed by atoms with Crippen LogP contribution in [0.25, 0.3) is 0 Å². The van der Waals surface area contributed by atoms with Crippen molar-refractivity contribution in [1.29, 1.82) is 0 Å². The zero-order valence-electron chi connectivity index (χ0n) is 6.82. The van der Waals surface area contributed by atoms with Crippen molar-refractivity contribution >= 4 is 34.6 Å². The maximum atomic E-state index is 10.9. The fourth-order valence-electron chi connectivity index (χ4n) is 0.766. The van der Waals surface area contributed by atoms with Gasteiger partial charge in [-0.05, 0) is 24.3 Å². The number of rotatable bonds is 2. The predicted molar refractivity (Wildman–Crippen MR) is 52.5 cm³/mol. The Labute approximate surface area is 87.9 Å². The van der Waals surface area contributed by atoms with Crippen LogP contribution in [0.3, 0.4) is 0 Å². The van der Waals surface area contributed by atoms with Crippen LogP contribution in [-0.4, -0.2) is 14.8 Å². The van der Waals surface area contributed by atoms with E-state index in [1.807, 2.05) is 0 Å². The zero-order chi connectivity index (χ0) is 10.6. The summed E-state index contributed by atoms with van der Waals surface area (Å²) in [5.41, 5.74) is 0.456. The Bertz CT molecular complexity index is 354. The third-order valence-corrected chi connectivity index (χ3v) is 1.88. The topological polar surface area (TPSA) is 81.3 Å². The molecule has 0 aliphatic heterocycles. The Morgan fingerprint density at radius 1 is 1.36 bits per heavy atom. The third-order valence-electron chi connectivity index (χ3n) is 1.28. The molecule has 0 radical (unpaired) electrons. The summed E-state index contributed by atoms with van der Waals surface area (Å²) in [6.07, 6.45) is 0. The number of benzene rings is 1. The lowest BCUT2D eigenvalue weighted by atomic mass is 10.3. The maximum absolute atomic E-state index is 10.9. The van der Waals surface area contributed by atoms with Crippen molar-refractivity contribution in [3.8, 4) is 0 Å². The highest BCUT2D eigenvalue weighted by Crippen LogP contribution is 2.12. The van der Waals surface area contributed by atoms with Crippen LogP contribution < -0.4 is 10.0 Å². The summed E-state index contributed by atoms with van der Waals surface area (Å²) in [5.74, 6) is 0. The van der Waals surface area contributed by atoms with Crippen molar-refractivity contribution in [3.63, 3.8) is 0 Å². The van der Waals surface area contributed by atoms with Gasteiger partial charge in [-0.2, -0.15) is 0 Å². The number of hydrogen-bond donors (Lipinski definition) is 2. The molecule has 1 aromatic carbocycles. The van der Waals surface area contributed by atoms with E-state index in [9.17, 15) is 13.6 Å². The van der Waals surface area contributed by atoms with Gasteiger partial charge in [-0.1, -0.05) is 11.6 Å². The van der Waals surface area contributed by atoms with E-state index in [-0.39, 0.29) is 0 Å². The van der Waals surface area contributed by atoms with E-state index in [1.165, 1.54) is 0 Å². The number of hydrogen-bond acceptors (Lipinski definition) is 3. The smallest absolute Gasteiger partial charge is 0.330 e. The predicted octanol–water partition coefficient (Wildman–Crippen LogP) is 1.26. The largest absolute Gasteiger partial charge is 0.755 e. The van der Waals surface area contributed by atoms with Crippen molar-refractivity contribution in [2.24, 2.45) is 0 Å². The number of amides is 2. The molecule has 2 amide bonds. The molecule has 7 heteroatoms. The normalized spacial score (nSPS) is 11.9. The first-order chi connectivity index (χ1) is 6.58. The molecular formula is C7H6ClN2O3S-. The van der Waals surface area contributed by atoms with Crippen LogP contribution in [0.5, 0.6) is 0 Å². The van der Waals surface area contributed by atoms with Crippen molar-refractivity contribution in [1.82, 2.24) is 4.72 Å².